The van der Waals surface area contributed by atoms with E-state index in [1.807, 2.05) is 0 Å². The summed E-state index contributed by atoms with van der Waals surface area (Å²) in [6.45, 7) is 1.41. The molecule has 84 valence electrons. The Hall–Kier alpha value is -0.120. The van der Waals surface area contributed by atoms with Crippen molar-refractivity contribution in [1.82, 2.24) is 5.32 Å². The molecule has 0 aromatic rings. The fourth-order valence-corrected chi connectivity index (χ4v) is 2.06. The van der Waals surface area contributed by atoms with Crippen molar-refractivity contribution < 1.29 is 9.84 Å². The third-order valence-corrected chi connectivity index (χ3v) is 2.99. The minimum atomic E-state index is 0.329. The summed E-state index contributed by atoms with van der Waals surface area (Å²) in [5, 5.41) is 12.1. The Morgan fingerprint density at radius 2 is 2.14 bits per heavy atom. The number of aliphatic hydroxyl groups excluding tert-OH is 1. The molecule has 2 atom stereocenters. The molecule has 3 heteroatoms. The van der Waals surface area contributed by atoms with E-state index in [1.54, 1.807) is 7.11 Å². The maximum Gasteiger partial charge on any atom is 0.0586 e. The lowest BCUT2D eigenvalue weighted by atomic mass is 10.2. The highest BCUT2D eigenvalue weighted by Crippen LogP contribution is 2.21. The molecule has 0 aromatic carbocycles. The standard InChI is InChI=1S/C11H23NO2/c1-14-11-6-5-10(9-11)12-7-3-2-4-8-13/h10-13H,2-9H2,1H3. The predicted octanol–water partition coefficient (Wildman–Crippen LogP) is 1.31. The predicted molar refractivity (Wildman–Crippen MR) is 57.4 cm³/mol. The molecule has 0 heterocycles. The van der Waals surface area contributed by atoms with Crippen LogP contribution in [0.1, 0.15) is 38.5 Å². The number of unbranched alkanes of at least 4 members (excludes halogenated alkanes) is 2. The molecule has 1 saturated carbocycles. The lowest BCUT2D eigenvalue weighted by Gasteiger charge is -2.12. The summed E-state index contributed by atoms with van der Waals surface area (Å²) >= 11 is 0. The normalized spacial score (nSPS) is 27.0. The second-order valence-corrected chi connectivity index (χ2v) is 4.11. The quantitative estimate of drug-likeness (QED) is 0.610. The van der Waals surface area contributed by atoms with Crippen molar-refractivity contribution in [3.63, 3.8) is 0 Å². The molecule has 3 nitrogen and oxygen atoms in total. The number of rotatable bonds is 7. The summed E-state index contributed by atoms with van der Waals surface area (Å²) in [4.78, 5) is 0. The van der Waals surface area contributed by atoms with E-state index in [0.29, 0.717) is 18.8 Å². The van der Waals surface area contributed by atoms with Crippen LogP contribution in [0.3, 0.4) is 0 Å². The van der Waals surface area contributed by atoms with Crippen molar-refractivity contribution in [2.75, 3.05) is 20.3 Å². The largest absolute Gasteiger partial charge is 0.396 e. The van der Waals surface area contributed by atoms with Crippen LogP contribution in [-0.4, -0.2) is 37.5 Å². The van der Waals surface area contributed by atoms with E-state index in [1.165, 1.54) is 19.3 Å². The molecular formula is C11H23NO2. The molecule has 0 bridgehead atoms. The fourth-order valence-electron chi connectivity index (χ4n) is 2.06. The van der Waals surface area contributed by atoms with Gasteiger partial charge in [-0.2, -0.15) is 0 Å². The van der Waals surface area contributed by atoms with Crippen LogP contribution < -0.4 is 5.32 Å². The molecule has 0 radical (unpaired) electrons. The average Bonchev–Trinajstić information content (AvgIpc) is 2.65. The van der Waals surface area contributed by atoms with Crippen LogP contribution >= 0.6 is 0 Å². The van der Waals surface area contributed by atoms with E-state index in [-0.39, 0.29) is 0 Å². The van der Waals surface area contributed by atoms with Crippen LogP contribution in [-0.2, 0) is 4.74 Å². The van der Waals surface area contributed by atoms with Gasteiger partial charge in [0.1, 0.15) is 0 Å². The van der Waals surface area contributed by atoms with E-state index in [0.717, 1.165) is 25.8 Å². The Labute approximate surface area is 86.8 Å². The van der Waals surface area contributed by atoms with Gasteiger partial charge in [-0.25, -0.2) is 0 Å². The van der Waals surface area contributed by atoms with Crippen LogP contribution in [0.2, 0.25) is 0 Å². The van der Waals surface area contributed by atoms with Crippen LogP contribution in [0.15, 0.2) is 0 Å². The summed E-state index contributed by atoms with van der Waals surface area (Å²) in [6.07, 6.45) is 7.33. The molecular weight excluding hydrogens is 178 g/mol. The average molecular weight is 201 g/mol. The number of hydrogen-bond acceptors (Lipinski definition) is 3. The number of nitrogens with one attached hydrogen (secondary N) is 1. The van der Waals surface area contributed by atoms with Crippen LogP contribution in [0.4, 0.5) is 0 Å². The van der Waals surface area contributed by atoms with Gasteiger partial charge in [0.25, 0.3) is 0 Å². The fraction of sp³-hybridized carbons (Fsp3) is 1.00. The Morgan fingerprint density at radius 1 is 1.29 bits per heavy atom. The summed E-state index contributed by atoms with van der Waals surface area (Å²) < 4.78 is 5.31. The Bertz CT molecular complexity index is 141. The van der Waals surface area contributed by atoms with E-state index in [2.05, 4.69) is 5.32 Å². The van der Waals surface area contributed by atoms with E-state index in [4.69, 9.17) is 9.84 Å². The van der Waals surface area contributed by atoms with E-state index >= 15 is 0 Å². The topological polar surface area (TPSA) is 41.5 Å². The van der Waals surface area contributed by atoms with Crippen molar-refractivity contribution in [3.8, 4) is 0 Å². The zero-order valence-electron chi connectivity index (χ0n) is 9.17. The first-order valence-electron chi connectivity index (χ1n) is 5.74. The first-order valence-corrected chi connectivity index (χ1v) is 5.74. The first-order chi connectivity index (χ1) is 6.86. The number of hydrogen-bond donors (Lipinski definition) is 2. The maximum atomic E-state index is 8.61. The molecule has 14 heavy (non-hydrogen) atoms. The maximum absolute atomic E-state index is 8.61. The van der Waals surface area contributed by atoms with Gasteiger partial charge in [-0.05, 0) is 45.1 Å². The van der Waals surface area contributed by atoms with Crippen molar-refractivity contribution in [2.45, 2.75) is 50.7 Å². The second-order valence-electron chi connectivity index (χ2n) is 4.11. The van der Waals surface area contributed by atoms with Gasteiger partial charge in [0.05, 0.1) is 6.10 Å². The van der Waals surface area contributed by atoms with Gasteiger partial charge in [0, 0.05) is 19.8 Å². The van der Waals surface area contributed by atoms with Gasteiger partial charge in [-0.15, -0.1) is 0 Å². The SMILES string of the molecule is COC1CCC(NCCCCCO)C1. The molecule has 2 unspecified atom stereocenters. The van der Waals surface area contributed by atoms with Crippen LogP contribution in [0, 0.1) is 0 Å². The zero-order valence-corrected chi connectivity index (χ0v) is 9.17. The summed E-state index contributed by atoms with van der Waals surface area (Å²) in [7, 11) is 1.80. The number of ether oxygens (including phenoxy) is 1. The van der Waals surface area contributed by atoms with Crippen LogP contribution in [0.25, 0.3) is 0 Å². The van der Waals surface area contributed by atoms with E-state index < -0.39 is 0 Å². The minimum absolute atomic E-state index is 0.329. The van der Waals surface area contributed by atoms with Crippen molar-refractivity contribution in [1.29, 1.82) is 0 Å². The van der Waals surface area contributed by atoms with Gasteiger partial charge < -0.3 is 15.2 Å². The molecule has 0 aromatic heterocycles. The van der Waals surface area contributed by atoms with Gasteiger partial charge in [0.15, 0.2) is 0 Å². The molecule has 0 amide bonds. The lowest BCUT2D eigenvalue weighted by molar-refractivity contribution is 0.107. The number of aliphatic hydroxyl groups is 1. The van der Waals surface area contributed by atoms with Crippen LogP contribution in [0.5, 0.6) is 0 Å². The molecule has 2 N–H and O–H groups in total. The molecule has 1 rings (SSSR count). The monoisotopic (exact) mass is 201 g/mol. The second kappa shape index (κ2) is 7.21. The Morgan fingerprint density at radius 3 is 2.79 bits per heavy atom. The summed E-state index contributed by atoms with van der Waals surface area (Å²) in [5.41, 5.74) is 0. The molecule has 0 saturated heterocycles. The summed E-state index contributed by atoms with van der Waals surface area (Å²) in [6, 6.07) is 0.661. The Balaban J connectivity index is 1.92. The lowest BCUT2D eigenvalue weighted by Crippen LogP contribution is -2.28. The highest BCUT2D eigenvalue weighted by atomic mass is 16.5. The van der Waals surface area contributed by atoms with Gasteiger partial charge in [0.2, 0.25) is 0 Å². The molecule has 0 aliphatic heterocycles. The highest BCUT2D eigenvalue weighted by molar-refractivity contribution is 4.80. The molecule has 1 fully saturated rings. The third-order valence-electron chi connectivity index (χ3n) is 2.99. The molecule has 0 spiro atoms. The van der Waals surface area contributed by atoms with Crippen molar-refractivity contribution in [3.05, 3.63) is 0 Å². The zero-order chi connectivity index (χ0) is 10.2. The Kier molecular flexibility index (Phi) is 6.15. The van der Waals surface area contributed by atoms with E-state index in [9.17, 15) is 0 Å². The van der Waals surface area contributed by atoms with Crippen molar-refractivity contribution >= 4 is 0 Å². The van der Waals surface area contributed by atoms with Gasteiger partial charge in [-0.1, -0.05) is 0 Å². The van der Waals surface area contributed by atoms with Gasteiger partial charge >= 0.3 is 0 Å². The third kappa shape index (κ3) is 4.40. The minimum Gasteiger partial charge on any atom is -0.396 e. The molecule has 1 aliphatic carbocycles. The van der Waals surface area contributed by atoms with Crippen molar-refractivity contribution in [2.24, 2.45) is 0 Å². The molecule has 1 aliphatic rings. The highest BCUT2D eigenvalue weighted by Gasteiger charge is 2.23. The summed E-state index contributed by atoms with van der Waals surface area (Å²) in [5.74, 6) is 0. The number of methoxy groups -OCH3 is 1. The smallest absolute Gasteiger partial charge is 0.0586 e. The first kappa shape index (κ1) is 12.0. The van der Waals surface area contributed by atoms with Gasteiger partial charge in [-0.3, -0.25) is 0 Å².